The zero-order chi connectivity index (χ0) is 33.7. The second-order valence-corrected chi connectivity index (χ2v) is 12.5. The van der Waals surface area contributed by atoms with E-state index in [1.807, 2.05) is 0 Å². The van der Waals surface area contributed by atoms with Gasteiger partial charge in [0.05, 0.1) is 27.4 Å². The number of methoxy groups -OCH3 is 2. The van der Waals surface area contributed by atoms with Crippen LogP contribution in [0.2, 0.25) is 0 Å². The number of amides is 1. The molecule has 1 fully saturated rings. The lowest BCUT2D eigenvalue weighted by Crippen LogP contribution is -2.44. The molecule has 3 aromatic carbocycles. The summed E-state index contributed by atoms with van der Waals surface area (Å²) in [6.07, 6.45) is 1.82. The molecule has 1 aliphatic rings. The Balaban J connectivity index is 1.48. The molecule has 0 spiro atoms. The minimum atomic E-state index is -4.88. The quantitative estimate of drug-likeness (QED) is 0.220. The van der Waals surface area contributed by atoms with Gasteiger partial charge in [0.15, 0.2) is 11.6 Å². The van der Waals surface area contributed by atoms with Crippen molar-refractivity contribution in [1.82, 2.24) is 14.9 Å². The Hall–Kier alpha value is -5.05. The molecule has 0 radical (unpaired) electrons. The minimum Gasteiger partial charge on any atom is -0.497 e. The predicted octanol–water partition coefficient (Wildman–Crippen LogP) is 5.47. The fraction of sp³-hybridized carbons (Fsp3) is 0.281. The number of sulfonamides is 1. The van der Waals surface area contributed by atoms with Crippen molar-refractivity contribution in [2.24, 2.45) is 5.92 Å². The molecule has 5 rings (SSSR count). The summed E-state index contributed by atoms with van der Waals surface area (Å²) in [6, 6.07) is 13.1. The Bertz CT molecular complexity index is 1830. The summed E-state index contributed by atoms with van der Waals surface area (Å²) >= 11 is 0. The molecule has 1 aliphatic heterocycles. The van der Waals surface area contributed by atoms with Crippen molar-refractivity contribution in [1.29, 1.82) is 0 Å². The highest BCUT2D eigenvalue weighted by molar-refractivity contribution is 7.92. The molecule has 0 saturated carbocycles. The van der Waals surface area contributed by atoms with Gasteiger partial charge in [-0.2, -0.15) is 0 Å². The number of piperidine rings is 1. The average molecular weight is 673 g/mol. The van der Waals surface area contributed by atoms with Gasteiger partial charge in [-0.25, -0.2) is 40.7 Å². The first kappa shape index (κ1) is 33.3. The van der Waals surface area contributed by atoms with Gasteiger partial charge in [-0.15, -0.1) is 0 Å². The summed E-state index contributed by atoms with van der Waals surface area (Å²) in [5, 5.41) is 9.58. The summed E-state index contributed by atoms with van der Waals surface area (Å²) < 4.78 is 90.0. The van der Waals surface area contributed by atoms with Gasteiger partial charge < -0.3 is 24.2 Å². The molecule has 0 bridgehead atoms. The number of halogens is 3. The minimum absolute atomic E-state index is 0.00227. The van der Waals surface area contributed by atoms with E-state index in [1.165, 1.54) is 55.8 Å². The summed E-state index contributed by atoms with van der Waals surface area (Å²) in [5.41, 5.74) is 1.07. The maximum atomic E-state index is 16.1. The number of carboxylic acid groups (broad SMARTS) is 1. The molecule has 1 N–H and O–H groups in total. The zero-order valence-corrected chi connectivity index (χ0v) is 26.2. The number of ether oxygens (including phenoxy) is 3. The average Bonchev–Trinajstić information content (AvgIpc) is 3.07. The first-order chi connectivity index (χ1) is 22.5. The first-order valence-corrected chi connectivity index (χ1v) is 15.8. The van der Waals surface area contributed by atoms with Crippen LogP contribution in [0.4, 0.5) is 23.9 Å². The highest BCUT2D eigenvalue weighted by Gasteiger charge is 2.35. The van der Waals surface area contributed by atoms with Crippen LogP contribution in [0.15, 0.2) is 78.0 Å². The van der Waals surface area contributed by atoms with E-state index in [1.54, 1.807) is 24.3 Å². The van der Waals surface area contributed by atoms with Gasteiger partial charge in [-0.3, -0.25) is 0 Å². The van der Waals surface area contributed by atoms with E-state index in [9.17, 15) is 22.7 Å². The lowest BCUT2D eigenvalue weighted by molar-refractivity contribution is 0.0926. The van der Waals surface area contributed by atoms with Crippen LogP contribution in [0.3, 0.4) is 0 Å². The second kappa shape index (κ2) is 14.2. The van der Waals surface area contributed by atoms with Gasteiger partial charge in [0, 0.05) is 49.1 Å². The van der Waals surface area contributed by atoms with Crippen molar-refractivity contribution >= 4 is 22.1 Å². The number of hydrogen-bond donors (Lipinski definition) is 1. The number of aromatic nitrogens is 2. The standard InChI is InChI=1S/C32H31F3N4O7S/c1-44-25-9-6-21(27(16-25)45-2)18-39(31-36-11-3-12-37-31)47(42,43)29-15-24(34)14-28(30(29)35)46-19-22-17-38(32(40)41)13-10-26(22)20-4-7-23(33)8-5-20/h3-9,11-12,14-16,22,26H,10,13,17-19H2,1-2H3,(H,40,41)/t22?,26-/m1/s1. The molecular weight excluding hydrogens is 641 g/mol. The number of nitrogens with zero attached hydrogens (tertiary/aromatic N) is 4. The van der Waals surface area contributed by atoms with Gasteiger partial charge in [-0.1, -0.05) is 12.1 Å². The van der Waals surface area contributed by atoms with Crippen molar-refractivity contribution in [2.45, 2.75) is 23.8 Å². The molecule has 0 aliphatic carbocycles. The molecule has 248 valence electrons. The highest BCUT2D eigenvalue weighted by atomic mass is 32.2. The second-order valence-electron chi connectivity index (χ2n) is 10.7. The topological polar surface area (TPSA) is 131 Å². The van der Waals surface area contributed by atoms with Crippen molar-refractivity contribution in [3.63, 3.8) is 0 Å². The fourth-order valence-electron chi connectivity index (χ4n) is 5.49. The summed E-state index contributed by atoms with van der Waals surface area (Å²) in [4.78, 5) is 20.0. The number of hydrogen-bond acceptors (Lipinski definition) is 8. The van der Waals surface area contributed by atoms with E-state index in [-0.39, 0.29) is 37.3 Å². The lowest BCUT2D eigenvalue weighted by atomic mass is 9.81. The number of likely N-dealkylation sites (tertiary alicyclic amines) is 1. The summed E-state index contributed by atoms with van der Waals surface area (Å²) in [6.45, 7) is -0.498. The number of carbonyl (C=O) groups is 1. The monoisotopic (exact) mass is 672 g/mol. The number of anilines is 1. The number of rotatable bonds is 11. The molecule has 11 nitrogen and oxygen atoms in total. The Kier molecular flexibility index (Phi) is 10.0. The van der Waals surface area contributed by atoms with Crippen LogP contribution in [-0.4, -0.2) is 68.4 Å². The molecule has 47 heavy (non-hydrogen) atoms. The van der Waals surface area contributed by atoms with E-state index < -0.39 is 56.7 Å². The molecule has 1 aromatic heterocycles. The van der Waals surface area contributed by atoms with E-state index >= 15 is 8.78 Å². The normalized spacial score (nSPS) is 16.4. The third-order valence-corrected chi connectivity index (χ3v) is 9.60. The van der Waals surface area contributed by atoms with Gasteiger partial charge in [-0.05, 0) is 54.3 Å². The van der Waals surface area contributed by atoms with Gasteiger partial charge in [0.1, 0.15) is 28.0 Å². The molecule has 15 heteroatoms. The summed E-state index contributed by atoms with van der Waals surface area (Å²) in [7, 11) is -2.05. The zero-order valence-electron chi connectivity index (χ0n) is 25.3. The smallest absolute Gasteiger partial charge is 0.407 e. The molecule has 1 amide bonds. The molecule has 1 saturated heterocycles. The van der Waals surface area contributed by atoms with E-state index in [0.717, 1.165) is 15.9 Å². The SMILES string of the molecule is COc1ccc(CN(c2ncccn2)S(=O)(=O)c2cc(F)cc(OCC3CN(C(=O)O)CC[C@@H]3c3ccc(F)cc3)c2F)c(OC)c1. The summed E-state index contributed by atoms with van der Waals surface area (Å²) in [5.74, 6) is -4.04. The third-order valence-electron chi connectivity index (χ3n) is 7.88. The van der Waals surface area contributed by atoms with E-state index in [4.69, 9.17) is 14.2 Å². The molecule has 2 heterocycles. The van der Waals surface area contributed by atoms with E-state index in [2.05, 4.69) is 9.97 Å². The van der Waals surface area contributed by atoms with Crippen LogP contribution in [-0.2, 0) is 16.6 Å². The van der Waals surface area contributed by atoms with Crippen molar-refractivity contribution in [3.8, 4) is 17.2 Å². The largest absolute Gasteiger partial charge is 0.497 e. The third kappa shape index (κ3) is 7.35. The molecular formula is C32H31F3N4O7S. The molecule has 1 unspecified atom stereocenters. The van der Waals surface area contributed by atoms with Crippen LogP contribution >= 0.6 is 0 Å². The van der Waals surface area contributed by atoms with Gasteiger partial charge >= 0.3 is 6.09 Å². The van der Waals surface area contributed by atoms with E-state index in [0.29, 0.717) is 23.8 Å². The fourth-order valence-corrected chi connectivity index (χ4v) is 6.94. The van der Waals surface area contributed by atoms with Crippen molar-refractivity contribution in [3.05, 3.63) is 102 Å². The Labute approximate surface area is 269 Å². The maximum Gasteiger partial charge on any atom is 0.407 e. The Morgan fingerprint density at radius 1 is 0.979 bits per heavy atom. The van der Waals surface area contributed by atoms with Crippen LogP contribution in [0, 0.1) is 23.4 Å². The van der Waals surface area contributed by atoms with Gasteiger partial charge in [0.25, 0.3) is 10.0 Å². The van der Waals surface area contributed by atoms with Crippen LogP contribution in [0.1, 0.15) is 23.5 Å². The van der Waals surface area contributed by atoms with Crippen molar-refractivity contribution in [2.75, 3.05) is 38.2 Å². The Morgan fingerprint density at radius 3 is 2.36 bits per heavy atom. The Morgan fingerprint density at radius 2 is 1.70 bits per heavy atom. The van der Waals surface area contributed by atoms with Crippen LogP contribution in [0.5, 0.6) is 17.2 Å². The first-order valence-electron chi connectivity index (χ1n) is 14.4. The van der Waals surface area contributed by atoms with Crippen LogP contribution < -0.4 is 18.5 Å². The molecule has 4 aromatic rings. The van der Waals surface area contributed by atoms with Gasteiger partial charge in [0.2, 0.25) is 5.95 Å². The predicted molar refractivity (Wildman–Crippen MR) is 164 cm³/mol. The maximum absolute atomic E-state index is 16.1. The van der Waals surface area contributed by atoms with Crippen LogP contribution in [0.25, 0.3) is 0 Å². The highest BCUT2D eigenvalue weighted by Crippen LogP contribution is 2.36. The lowest BCUT2D eigenvalue weighted by Gasteiger charge is -2.37. The van der Waals surface area contributed by atoms with Crippen molar-refractivity contribution < 1.29 is 45.7 Å². The number of benzene rings is 3. The molecule has 2 atom stereocenters.